The van der Waals surface area contributed by atoms with E-state index in [1.807, 2.05) is 12.6 Å². The average Bonchev–Trinajstić information content (AvgIpc) is 2.14. The van der Waals surface area contributed by atoms with E-state index in [1.54, 1.807) is 0 Å². The number of carbonyl (C=O) groups excluding carboxylic acids is 1. The molecule has 14 heavy (non-hydrogen) atoms. The van der Waals surface area contributed by atoms with Crippen LogP contribution in [0.2, 0.25) is 0 Å². The molecule has 0 rings (SSSR count). The minimum atomic E-state index is -0.341. The molecule has 0 saturated carbocycles. The van der Waals surface area contributed by atoms with Gasteiger partial charge >= 0.3 is 5.97 Å². The van der Waals surface area contributed by atoms with Gasteiger partial charge < -0.3 is 9.74 Å². The van der Waals surface area contributed by atoms with Gasteiger partial charge in [0, 0.05) is 12.1 Å². The first kappa shape index (κ1) is 13.4. The average molecular weight is 203 g/mol. The quantitative estimate of drug-likeness (QED) is 0.483. The largest absolute Gasteiger partial charge is 0.356 e. The molecule has 0 unspecified atom stereocenters. The summed E-state index contributed by atoms with van der Waals surface area (Å²) in [6, 6.07) is 0. The zero-order valence-electron chi connectivity index (χ0n) is 9.46. The van der Waals surface area contributed by atoms with Crippen LogP contribution in [0.15, 0.2) is 0 Å². The molecule has 0 saturated heterocycles. The lowest BCUT2D eigenvalue weighted by Crippen LogP contribution is -2.42. The van der Waals surface area contributed by atoms with Gasteiger partial charge in [-0.15, -0.1) is 0 Å². The molecule has 0 aliphatic heterocycles. The summed E-state index contributed by atoms with van der Waals surface area (Å²) in [5.41, 5.74) is 1.98. The molecule has 0 atom stereocenters. The Morgan fingerprint density at radius 3 is 2.57 bits per heavy atom. The van der Waals surface area contributed by atoms with Gasteiger partial charge in [0.25, 0.3) is 0 Å². The van der Waals surface area contributed by atoms with Crippen molar-refractivity contribution in [2.24, 2.45) is 5.84 Å². The van der Waals surface area contributed by atoms with Crippen molar-refractivity contribution in [1.29, 1.82) is 0 Å². The van der Waals surface area contributed by atoms with E-state index < -0.39 is 0 Å². The maximum atomic E-state index is 11.0. The van der Waals surface area contributed by atoms with Crippen LogP contribution in [-0.2, 0) is 9.63 Å². The summed E-state index contributed by atoms with van der Waals surface area (Å²) in [5.74, 6) is 4.50. The smallest absolute Gasteiger partial charge is 0.327 e. The van der Waals surface area contributed by atoms with E-state index in [0.29, 0.717) is 13.0 Å². The molecular weight excluding hydrogens is 182 g/mol. The molecule has 0 aliphatic rings. The van der Waals surface area contributed by atoms with E-state index >= 15 is 0 Å². The predicted molar refractivity (Wildman–Crippen MR) is 55.0 cm³/mol. The number of hydrazine groups is 1. The number of nitrogens with two attached hydrogens (primary N) is 1. The molecule has 0 amide bonds. The van der Waals surface area contributed by atoms with Crippen LogP contribution < -0.4 is 11.4 Å². The highest BCUT2D eigenvalue weighted by atomic mass is 16.7. The van der Waals surface area contributed by atoms with Gasteiger partial charge in [-0.2, -0.15) is 0 Å². The highest BCUT2D eigenvalue weighted by molar-refractivity contribution is 5.69. The zero-order valence-corrected chi connectivity index (χ0v) is 9.46. The van der Waals surface area contributed by atoms with Crippen LogP contribution in [0.5, 0.6) is 0 Å². The Kier molecular flexibility index (Phi) is 5.68. The molecule has 0 bridgehead atoms. The summed E-state index contributed by atoms with van der Waals surface area (Å²) in [7, 11) is 1.99. The van der Waals surface area contributed by atoms with Crippen molar-refractivity contribution in [2.45, 2.75) is 39.2 Å². The van der Waals surface area contributed by atoms with Crippen molar-refractivity contribution in [3.63, 3.8) is 0 Å². The number of carbonyl (C=O) groups is 1. The van der Waals surface area contributed by atoms with Crippen molar-refractivity contribution < 1.29 is 9.63 Å². The third kappa shape index (κ3) is 4.55. The summed E-state index contributed by atoms with van der Waals surface area (Å²) >= 11 is 0. The van der Waals surface area contributed by atoms with Gasteiger partial charge in [0.2, 0.25) is 0 Å². The number of hydrogen-bond donors (Lipinski definition) is 2. The van der Waals surface area contributed by atoms with Gasteiger partial charge in [0.05, 0.1) is 6.42 Å². The van der Waals surface area contributed by atoms with E-state index in [0.717, 1.165) is 6.42 Å². The molecular formula is C9H21N3O2. The molecule has 0 spiro atoms. The lowest BCUT2D eigenvalue weighted by molar-refractivity contribution is -0.151. The standard InChI is InChI=1S/C9H21N3O2/c1-5-9(2,3)12(4)7-6-8(13)14-11-10/h11H,5-7,10H2,1-4H3. The van der Waals surface area contributed by atoms with Gasteiger partial charge in [0.15, 0.2) is 0 Å². The Bertz CT molecular complexity index is 183. The molecule has 5 nitrogen and oxygen atoms in total. The molecule has 0 fully saturated rings. The highest BCUT2D eigenvalue weighted by Crippen LogP contribution is 2.16. The first-order valence-corrected chi connectivity index (χ1v) is 4.80. The maximum absolute atomic E-state index is 11.0. The van der Waals surface area contributed by atoms with Crippen LogP contribution in [0.1, 0.15) is 33.6 Å². The van der Waals surface area contributed by atoms with Crippen LogP contribution >= 0.6 is 0 Å². The van der Waals surface area contributed by atoms with E-state index in [1.165, 1.54) is 0 Å². The number of nitrogens with one attached hydrogen (secondary N) is 1. The molecule has 0 heterocycles. The Morgan fingerprint density at radius 1 is 1.57 bits per heavy atom. The van der Waals surface area contributed by atoms with Crippen LogP contribution in [0, 0.1) is 0 Å². The van der Waals surface area contributed by atoms with Gasteiger partial charge in [-0.05, 0) is 27.3 Å². The van der Waals surface area contributed by atoms with Crippen LogP contribution in [-0.4, -0.2) is 30.0 Å². The molecule has 0 aromatic heterocycles. The normalized spacial score (nSPS) is 11.9. The van der Waals surface area contributed by atoms with Crippen molar-refractivity contribution in [3.05, 3.63) is 0 Å². The summed E-state index contributed by atoms with van der Waals surface area (Å²) in [6.07, 6.45) is 1.37. The Labute approximate surface area is 85.5 Å². The fraction of sp³-hybridized carbons (Fsp3) is 0.889. The first-order chi connectivity index (χ1) is 6.44. The SMILES string of the molecule is CCC(C)(C)N(C)CCC(=O)ONN. The van der Waals surface area contributed by atoms with Crippen LogP contribution in [0.4, 0.5) is 0 Å². The summed E-state index contributed by atoms with van der Waals surface area (Å²) in [4.78, 5) is 17.5. The Balaban J connectivity index is 3.84. The molecule has 5 heteroatoms. The monoisotopic (exact) mass is 203 g/mol. The summed E-state index contributed by atoms with van der Waals surface area (Å²) in [5, 5.41) is 0. The third-order valence-electron chi connectivity index (χ3n) is 2.72. The number of hydrogen-bond acceptors (Lipinski definition) is 5. The van der Waals surface area contributed by atoms with E-state index in [2.05, 4.69) is 30.5 Å². The molecule has 0 aromatic carbocycles. The van der Waals surface area contributed by atoms with Crippen molar-refractivity contribution in [3.8, 4) is 0 Å². The van der Waals surface area contributed by atoms with Crippen molar-refractivity contribution >= 4 is 5.97 Å². The van der Waals surface area contributed by atoms with E-state index in [9.17, 15) is 4.79 Å². The molecule has 0 aromatic rings. The summed E-state index contributed by atoms with van der Waals surface area (Å²) in [6.45, 7) is 7.07. The topological polar surface area (TPSA) is 67.6 Å². The molecule has 84 valence electrons. The van der Waals surface area contributed by atoms with Gasteiger partial charge in [-0.25, -0.2) is 5.84 Å². The van der Waals surface area contributed by atoms with Crippen LogP contribution in [0.25, 0.3) is 0 Å². The van der Waals surface area contributed by atoms with Crippen LogP contribution in [0.3, 0.4) is 0 Å². The second-order valence-electron chi connectivity index (χ2n) is 3.93. The zero-order chi connectivity index (χ0) is 11.2. The fourth-order valence-corrected chi connectivity index (χ4v) is 0.948. The van der Waals surface area contributed by atoms with Gasteiger partial charge in [-0.3, -0.25) is 4.79 Å². The summed E-state index contributed by atoms with van der Waals surface area (Å²) < 4.78 is 0. The highest BCUT2D eigenvalue weighted by Gasteiger charge is 2.21. The second kappa shape index (κ2) is 5.95. The third-order valence-corrected chi connectivity index (χ3v) is 2.72. The molecule has 3 N–H and O–H groups in total. The second-order valence-corrected chi connectivity index (χ2v) is 3.93. The van der Waals surface area contributed by atoms with E-state index in [-0.39, 0.29) is 11.5 Å². The first-order valence-electron chi connectivity index (χ1n) is 4.80. The minimum Gasteiger partial charge on any atom is -0.356 e. The Hall–Kier alpha value is -0.650. The maximum Gasteiger partial charge on any atom is 0.327 e. The lowest BCUT2D eigenvalue weighted by Gasteiger charge is -2.34. The van der Waals surface area contributed by atoms with Gasteiger partial charge in [-0.1, -0.05) is 12.5 Å². The predicted octanol–water partition coefficient (Wildman–Crippen LogP) is 0.418. The van der Waals surface area contributed by atoms with Gasteiger partial charge in [0.1, 0.15) is 0 Å². The van der Waals surface area contributed by atoms with E-state index in [4.69, 9.17) is 5.84 Å². The van der Waals surface area contributed by atoms with Crippen molar-refractivity contribution in [2.75, 3.05) is 13.6 Å². The number of nitrogens with zero attached hydrogens (tertiary/aromatic N) is 1. The minimum absolute atomic E-state index is 0.108. The lowest BCUT2D eigenvalue weighted by atomic mass is 10.00. The van der Waals surface area contributed by atoms with Crippen molar-refractivity contribution in [1.82, 2.24) is 10.5 Å². The Morgan fingerprint density at radius 2 is 2.14 bits per heavy atom. The molecule has 0 aliphatic carbocycles. The molecule has 0 radical (unpaired) electrons. The number of rotatable bonds is 6. The fourth-order valence-electron chi connectivity index (χ4n) is 0.948.